The Hall–Kier alpha value is -7.48. The summed E-state index contributed by atoms with van der Waals surface area (Å²) in [4.78, 5) is 2.36. The summed E-state index contributed by atoms with van der Waals surface area (Å²) in [5.74, 6) is 0. The van der Waals surface area contributed by atoms with E-state index in [9.17, 15) is 0 Å². The van der Waals surface area contributed by atoms with E-state index in [0.29, 0.717) is 0 Å². The predicted molar refractivity (Wildman–Crippen MR) is 289 cm³/mol. The topological polar surface area (TPSA) is 3.24 Å². The van der Waals surface area contributed by atoms with Crippen LogP contribution in [0.2, 0.25) is 0 Å². The van der Waals surface area contributed by atoms with E-state index in [-0.39, 0.29) is 5.41 Å². The highest BCUT2D eigenvalue weighted by atomic mass is 15.1. The Morgan fingerprint density at radius 2 is 1.10 bits per heavy atom. The average Bonchev–Trinajstić information content (AvgIpc) is 3.82. The molecule has 0 unspecified atom stereocenters. The smallest absolute Gasteiger partial charge is 0.0414 e. The van der Waals surface area contributed by atoms with Gasteiger partial charge in [0.25, 0.3) is 0 Å². The monoisotopic (exact) mass is 865 g/mol. The number of fused-ring (bicyclic) bond motifs is 9. The number of rotatable bonds is 3. The van der Waals surface area contributed by atoms with Crippen LogP contribution >= 0.6 is 0 Å². The molecule has 0 N–H and O–H groups in total. The zero-order valence-corrected chi connectivity index (χ0v) is 39.2. The highest BCUT2D eigenvalue weighted by molar-refractivity contribution is 6.05. The van der Waals surface area contributed by atoms with Gasteiger partial charge in [0.05, 0.1) is 0 Å². The highest BCUT2D eigenvalue weighted by Crippen LogP contribution is 2.51. The van der Waals surface area contributed by atoms with Crippen LogP contribution in [0.5, 0.6) is 0 Å². The third-order valence-electron chi connectivity index (χ3n) is 14.3. The molecule has 67 heavy (non-hydrogen) atoms. The van der Waals surface area contributed by atoms with Gasteiger partial charge in [0.1, 0.15) is 0 Å². The van der Waals surface area contributed by atoms with Crippen molar-refractivity contribution in [1.82, 2.24) is 0 Å². The molecule has 0 bridgehead atoms. The molecule has 1 heteroatoms. The van der Waals surface area contributed by atoms with Crippen molar-refractivity contribution in [3.8, 4) is 33.4 Å². The normalized spacial score (nSPS) is 17.2. The molecule has 7 aromatic rings. The highest BCUT2D eigenvalue weighted by Gasteiger charge is 2.35. The van der Waals surface area contributed by atoms with Crippen LogP contribution in [0.25, 0.3) is 50.1 Å². The number of allylic oxidation sites excluding steroid dienone is 11. The Morgan fingerprint density at radius 1 is 0.478 bits per heavy atom. The van der Waals surface area contributed by atoms with Crippen LogP contribution in [-0.2, 0) is 18.3 Å². The number of hydrogen-bond acceptors (Lipinski definition) is 1. The van der Waals surface area contributed by atoms with E-state index in [4.69, 9.17) is 0 Å². The van der Waals surface area contributed by atoms with Gasteiger partial charge in [-0.1, -0.05) is 209 Å². The van der Waals surface area contributed by atoms with Gasteiger partial charge in [-0.05, 0) is 163 Å². The van der Waals surface area contributed by atoms with Crippen molar-refractivity contribution in [2.45, 2.75) is 57.8 Å². The van der Waals surface area contributed by atoms with E-state index in [0.717, 1.165) is 42.4 Å². The van der Waals surface area contributed by atoms with E-state index in [1.807, 2.05) is 0 Å². The third-order valence-corrected chi connectivity index (χ3v) is 14.3. The summed E-state index contributed by atoms with van der Waals surface area (Å²) < 4.78 is 0. The van der Waals surface area contributed by atoms with Gasteiger partial charge in [-0.25, -0.2) is 0 Å². The molecule has 0 aliphatic heterocycles. The van der Waals surface area contributed by atoms with Crippen molar-refractivity contribution < 1.29 is 0 Å². The molecule has 0 saturated heterocycles. The summed E-state index contributed by atoms with van der Waals surface area (Å²) in [7, 11) is 2.21. The van der Waals surface area contributed by atoms with Crippen LogP contribution in [0, 0.1) is 0 Å². The van der Waals surface area contributed by atoms with E-state index < -0.39 is 0 Å². The van der Waals surface area contributed by atoms with Gasteiger partial charge in [0.15, 0.2) is 0 Å². The van der Waals surface area contributed by atoms with Gasteiger partial charge in [0.2, 0.25) is 0 Å². The fourth-order valence-electron chi connectivity index (χ4n) is 10.6. The SMILES string of the molecule is C1=CCCC(c2ccccc2)=C1.C=C1/C=C\C=C/CCc2ccc(N(C)c3ccc4c(c3)C(C)(C)c3ccccc3-4)cc2-c2ccccc2CC/C=C2/c3ccccc3-c3cccc(c32)C1=C. The largest absolute Gasteiger partial charge is 0.345 e. The maximum absolute atomic E-state index is 4.55. The molecule has 0 radical (unpaired) electrons. The van der Waals surface area contributed by atoms with Crippen LogP contribution in [0.4, 0.5) is 11.4 Å². The first-order valence-electron chi connectivity index (χ1n) is 24.0. The lowest BCUT2D eigenvalue weighted by Gasteiger charge is -2.26. The standard InChI is InChI=1S/C54H47N.C12H12/c1-36-18-8-6-7-9-19-39-30-31-40(55(5)41-32-33-47-46-25-14-15-29-51(46)54(3,4)52(47)35-41)34-50(39)43-22-11-10-20-38(43)21-16-27-48-44-23-12-13-24-45(44)49-28-17-26-42(37(36)2)53(48)49;1-3-7-11(8-4-1)12-9-5-2-6-10-12/h6-8,10-15,17-18,20,22-35H,1-2,9,16,19,21H2,3-5H3;1-5,7-9H,6,10H2/b7-6-,18-8-,48-27-;. The molecule has 0 heterocycles. The lowest BCUT2D eigenvalue weighted by Crippen LogP contribution is -2.16. The summed E-state index contributed by atoms with van der Waals surface area (Å²) in [6, 6.07) is 58.0. The molecule has 7 aromatic carbocycles. The summed E-state index contributed by atoms with van der Waals surface area (Å²) in [6.07, 6.45) is 23.8. The second kappa shape index (κ2) is 18.8. The van der Waals surface area contributed by atoms with Crippen molar-refractivity contribution in [3.05, 3.63) is 270 Å². The number of hydrogen-bond donors (Lipinski definition) is 0. The van der Waals surface area contributed by atoms with Crippen molar-refractivity contribution in [2.75, 3.05) is 11.9 Å². The van der Waals surface area contributed by atoms with Gasteiger partial charge >= 0.3 is 0 Å². The molecule has 11 rings (SSSR count). The number of nitrogens with zero attached hydrogens (tertiary/aromatic N) is 1. The molecule has 0 saturated carbocycles. The fourth-order valence-corrected chi connectivity index (χ4v) is 10.6. The van der Waals surface area contributed by atoms with Crippen LogP contribution in [0.3, 0.4) is 0 Å². The Balaban J connectivity index is 0.000000379. The molecule has 1 nitrogen and oxygen atoms in total. The Kier molecular flexibility index (Phi) is 12.2. The molecular formula is C66H59N. The Labute approximate surface area is 398 Å². The van der Waals surface area contributed by atoms with Crippen LogP contribution < -0.4 is 4.90 Å². The first kappa shape index (κ1) is 43.4. The minimum atomic E-state index is -0.0429. The first-order valence-corrected chi connectivity index (χ1v) is 24.0. The van der Waals surface area contributed by atoms with Crippen molar-refractivity contribution in [1.29, 1.82) is 0 Å². The maximum Gasteiger partial charge on any atom is 0.0414 e. The molecule has 0 amide bonds. The molecule has 4 aliphatic rings. The second-order valence-corrected chi connectivity index (χ2v) is 18.7. The summed E-state index contributed by atoms with van der Waals surface area (Å²) in [6.45, 7) is 13.7. The second-order valence-electron chi connectivity index (χ2n) is 18.7. The Bertz CT molecular complexity index is 3200. The lowest BCUT2D eigenvalue weighted by molar-refractivity contribution is 0.660. The third kappa shape index (κ3) is 8.47. The van der Waals surface area contributed by atoms with Crippen LogP contribution in [0.1, 0.15) is 84.0 Å². The zero-order valence-electron chi connectivity index (χ0n) is 39.2. The molecular weight excluding hydrogens is 807 g/mol. The summed E-state index contributed by atoms with van der Waals surface area (Å²) >= 11 is 0. The zero-order chi connectivity index (χ0) is 45.9. The quantitative estimate of drug-likeness (QED) is 0.171. The maximum atomic E-state index is 4.55. The van der Waals surface area contributed by atoms with Gasteiger partial charge in [-0.15, -0.1) is 0 Å². The first-order chi connectivity index (χ1) is 32.8. The van der Waals surface area contributed by atoms with Crippen molar-refractivity contribution in [3.63, 3.8) is 0 Å². The molecule has 0 atom stereocenters. The molecule has 0 fully saturated rings. The van der Waals surface area contributed by atoms with Crippen molar-refractivity contribution >= 4 is 28.1 Å². The minimum Gasteiger partial charge on any atom is -0.345 e. The number of benzene rings is 7. The molecule has 328 valence electrons. The summed E-state index contributed by atoms with van der Waals surface area (Å²) in [5, 5.41) is 0. The van der Waals surface area contributed by atoms with E-state index >= 15 is 0 Å². The molecule has 0 spiro atoms. The van der Waals surface area contributed by atoms with Crippen LogP contribution in [0.15, 0.2) is 225 Å². The average molecular weight is 866 g/mol. The lowest BCUT2D eigenvalue weighted by atomic mass is 9.82. The fraction of sp³-hybridized carbons (Fsp3) is 0.152. The van der Waals surface area contributed by atoms with Gasteiger partial charge < -0.3 is 4.90 Å². The van der Waals surface area contributed by atoms with E-state index in [2.05, 4.69) is 245 Å². The van der Waals surface area contributed by atoms with Gasteiger partial charge in [0, 0.05) is 23.8 Å². The van der Waals surface area contributed by atoms with E-state index in [1.54, 1.807) is 0 Å². The predicted octanol–water partition coefficient (Wildman–Crippen LogP) is 17.5. The molecule has 0 aromatic heterocycles. The van der Waals surface area contributed by atoms with Crippen molar-refractivity contribution in [2.24, 2.45) is 0 Å². The number of aryl methyl sites for hydroxylation is 2. The van der Waals surface area contributed by atoms with Crippen LogP contribution in [-0.4, -0.2) is 7.05 Å². The van der Waals surface area contributed by atoms with E-state index in [1.165, 1.54) is 108 Å². The number of anilines is 2. The van der Waals surface area contributed by atoms with Gasteiger partial charge in [-0.3, -0.25) is 0 Å². The van der Waals surface area contributed by atoms with Gasteiger partial charge in [-0.2, -0.15) is 0 Å². The minimum absolute atomic E-state index is 0.0429. The molecule has 4 aliphatic carbocycles. The summed E-state index contributed by atoms with van der Waals surface area (Å²) in [5.41, 5.74) is 25.5. The Morgan fingerprint density at radius 3 is 1.93 bits per heavy atom.